The zero-order valence-electron chi connectivity index (χ0n) is 5.73. The van der Waals surface area contributed by atoms with Gasteiger partial charge in [0, 0.05) is 26.2 Å². The second-order valence-corrected chi connectivity index (χ2v) is 1.85. The fourth-order valence-corrected chi connectivity index (χ4v) is 0.596. The summed E-state index contributed by atoms with van der Waals surface area (Å²) in [5.41, 5.74) is 5.90. The second-order valence-electron chi connectivity index (χ2n) is 1.85. The van der Waals surface area contributed by atoms with E-state index in [4.69, 9.17) is 5.73 Å². The number of rotatable bonds is 1. The van der Waals surface area contributed by atoms with Crippen molar-refractivity contribution in [2.24, 2.45) is 0 Å². The second kappa shape index (κ2) is 3.60. The third-order valence-corrected chi connectivity index (χ3v) is 1.10. The highest BCUT2D eigenvalue weighted by atomic mass is 16.6. The summed E-state index contributed by atoms with van der Waals surface area (Å²) in [5.74, 6) is 0. The van der Waals surface area contributed by atoms with Crippen LogP contribution in [0.2, 0.25) is 0 Å². The van der Waals surface area contributed by atoms with Crippen molar-refractivity contribution < 1.29 is 4.92 Å². The first-order chi connectivity index (χ1) is 4.70. The van der Waals surface area contributed by atoms with Crippen LogP contribution in [0.5, 0.6) is 0 Å². The summed E-state index contributed by atoms with van der Waals surface area (Å²) in [5, 5.41) is 10.1. The Labute approximate surface area is 65.7 Å². The number of benzene rings is 1. The van der Waals surface area contributed by atoms with Crippen LogP contribution in [0.4, 0.5) is 11.4 Å². The van der Waals surface area contributed by atoms with Crippen molar-refractivity contribution in [1.29, 1.82) is 0 Å². The molecule has 11 heavy (non-hydrogen) atoms. The Morgan fingerprint density at radius 2 is 1.73 bits per heavy atom. The standard InChI is InChI=1S/C6H6N2O2.B/c7-5-1-3-6(4-2-5)8(9)10;/h1-4H,7H2;. The summed E-state index contributed by atoms with van der Waals surface area (Å²) in [6.07, 6.45) is 0. The number of non-ortho nitro benzene ring substituents is 1. The van der Waals surface area contributed by atoms with Gasteiger partial charge in [0.25, 0.3) is 5.69 Å². The zero-order chi connectivity index (χ0) is 7.56. The lowest BCUT2D eigenvalue weighted by molar-refractivity contribution is -0.384. The topological polar surface area (TPSA) is 69.2 Å². The van der Waals surface area contributed by atoms with Gasteiger partial charge in [0.1, 0.15) is 0 Å². The quantitative estimate of drug-likeness (QED) is 0.277. The third-order valence-electron chi connectivity index (χ3n) is 1.10. The van der Waals surface area contributed by atoms with Crippen molar-refractivity contribution in [3.05, 3.63) is 34.4 Å². The van der Waals surface area contributed by atoms with Gasteiger partial charge in [0.05, 0.1) is 4.92 Å². The van der Waals surface area contributed by atoms with Crippen molar-refractivity contribution in [3.63, 3.8) is 0 Å². The Morgan fingerprint density at radius 1 is 1.27 bits per heavy atom. The van der Waals surface area contributed by atoms with Crippen LogP contribution in [0.15, 0.2) is 24.3 Å². The van der Waals surface area contributed by atoms with E-state index in [-0.39, 0.29) is 14.1 Å². The van der Waals surface area contributed by atoms with E-state index in [2.05, 4.69) is 0 Å². The lowest BCUT2D eigenvalue weighted by atomic mass is 10.3. The van der Waals surface area contributed by atoms with Crippen LogP contribution in [-0.2, 0) is 0 Å². The molecule has 0 aromatic heterocycles. The molecule has 0 atom stereocenters. The third kappa shape index (κ3) is 2.29. The molecule has 1 rings (SSSR count). The van der Waals surface area contributed by atoms with Crippen molar-refractivity contribution in [3.8, 4) is 0 Å². The van der Waals surface area contributed by atoms with E-state index >= 15 is 0 Å². The summed E-state index contributed by atoms with van der Waals surface area (Å²) in [7, 11) is 0. The lowest BCUT2D eigenvalue weighted by Crippen LogP contribution is -1.88. The molecule has 0 bridgehead atoms. The summed E-state index contributed by atoms with van der Waals surface area (Å²) >= 11 is 0. The maximum Gasteiger partial charge on any atom is 0.269 e. The van der Waals surface area contributed by atoms with Gasteiger partial charge < -0.3 is 5.73 Å². The van der Waals surface area contributed by atoms with Gasteiger partial charge in [-0.2, -0.15) is 0 Å². The van der Waals surface area contributed by atoms with E-state index in [0.29, 0.717) is 5.69 Å². The lowest BCUT2D eigenvalue weighted by Gasteiger charge is -1.90. The molecular formula is C6H6BN2O2. The Kier molecular flexibility index (Phi) is 3.11. The zero-order valence-corrected chi connectivity index (χ0v) is 5.73. The van der Waals surface area contributed by atoms with Crippen LogP contribution in [-0.4, -0.2) is 13.3 Å². The van der Waals surface area contributed by atoms with Gasteiger partial charge in [-0.3, -0.25) is 10.1 Å². The van der Waals surface area contributed by atoms with Crippen molar-refractivity contribution in [2.45, 2.75) is 0 Å². The molecule has 0 amide bonds. The van der Waals surface area contributed by atoms with Crippen molar-refractivity contribution in [2.75, 3.05) is 5.73 Å². The first-order valence-corrected chi connectivity index (χ1v) is 2.70. The molecular weight excluding hydrogens is 143 g/mol. The van der Waals surface area contributed by atoms with Crippen molar-refractivity contribution >= 4 is 19.8 Å². The molecule has 1 aromatic rings. The van der Waals surface area contributed by atoms with Crippen LogP contribution in [0.3, 0.4) is 0 Å². The molecule has 0 saturated carbocycles. The smallest absolute Gasteiger partial charge is 0.269 e. The fraction of sp³-hybridized carbons (Fsp3) is 0. The van der Waals surface area contributed by atoms with E-state index in [1.165, 1.54) is 24.3 Å². The maximum atomic E-state index is 10.1. The molecule has 0 aliphatic heterocycles. The Balaban J connectivity index is 0.000001000. The number of nitrogens with two attached hydrogens (primary N) is 1. The van der Waals surface area contributed by atoms with E-state index < -0.39 is 4.92 Å². The van der Waals surface area contributed by atoms with E-state index in [9.17, 15) is 10.1 Å². The molecule has 0 aliphatic rings. The molecule has 0 spiro atoms. The molecule has 3 radical (unpaired) electrons. The fourth-order valence-electron chi connectivity index (χ4n) is 0.596. The van der Waals surface area contributed by atoms with Gasteiger partial charge in [0.15, 0.2) is 0 Å². The maximum absolute atomic E-state index is 10.1. The monoisotopic (exact) mass is 149 g/mol. The van der Waals surface area contributed by atoms with Crippen molar-refractivity contribution in [1.82, 2.24) is 0 Å². The molecule has 5 heteroatoms. The summed E-state index contributed by atoms with van der Waals surface area (Å²) in [6.45, 7) is 0. The molecule has 0 heterocycles. The summed E-state index contributed by atoms with van der Waals surface area (Å²) in [4.78, 5) is 9.62. The van der Waals surface area contributed by atoms with Crippen LogP contribution in [0.25, 0.3) is 0 Å². The molecule has 4 nitrogen and oxygen atoms in total. The molecule has 0 saturated heterocycles. The highest BCUT2D eigenvalue weighted by molar-refractivity contribution is 5.75. The van der Waals surface area contributed by atoms with Gasteiger partial charge in [-0.25, -0.2) is 0 Å². The first kappa shape index (κ1) is 9.48. The number of nitro groups is 1. The van der Waals surface area contributed by atoms with Gasteiger partial charge in [-0.05, 0) is 12.1 Å². The number of hydrogen-bond acceptors (Lipinski definition) is 3. The van der Waals surface area contributed by atoms with E-state index in [1.54, 1.807) is 0 Å². The SMILES string of the molecule is Nc1ccc([N+](=O)[O-])cc1.[B]. The number of nitro benzene ring substituents is 1. The Hall–Kier alpha value is -1.52. The predicted molar refractivity (Wildman–Crippen MR) is 43.3 cm³/mol. The molecule has 0 fully saturated rings. The van der Waals surface area contributed by atoms with Gasteiger partial charge >= 0.3 is 0 Å². The first-order valence-electron chi connectivity index (χ1n) is 2.70. The Morgan fingerprint density at radius 3 is 2.09 bits per heavy atom. The number of nitrogens with zero attached hydrogens (tertiary/aromatic N) is 1. The number of nitrogen functional groups attached to an aromatic ring is 1. The molecule has 0 aliphatic carbocycles. The van der Waals surface area contributed by atoms with Crippen LogP contribution in [0.1, 0.15) is 0 Å². The molecule has 2 N–H and O–H groups in total. The van der Waals surface area contributed by atoms with E-state index in [0.717, 1.165) is 0 Å². The highest BCUT2D eigenvalue weighted by Gasteiger charge is 2.00. The predicted octanol–water partition coefficient (Wildman–Crippen LogP) is 0.796. The summed E-state index contributed by atoms with van der Waals surface area (Å²) in [6, 6.07) is 5.74. The largest absolute Gasteiger partial charge is 0.399 e. The van der Waals surface area contributed by atoms with E-state index in [1.807, 2.05) is 0 Å². The van der Waals surface area contributed by atoms with Gasteiger partial charge in [0.2, 0.25) is 0 Å². The molecule has 1 aromatic carbocycles. The Bertz CT molecular complexity index is 247. The molecule has 0 unspecified atom stereocenters. The van der Waals surface area contributed by atoms with Crippen LogP contribution in [0, 0.1) is 10.1 Å². The van der Waals surface area contributed by atoms with Gasteiger partial charge in [-0.1, -0.05) is 0 Å². The van der Waals surface area contributed by atoms with Gasteiger partial charge in [-0.15, -0.1) is 0 Å². The average Bonchev–Trinajstić information content (AvgIpc) is 1.88. The number of anilines is 1. The normalized spacial score (nSPS) is 8.36. The average molecular weight is 149 g/mol. The minimum Gasteiger partial charge on any atom is -0.399 e. The van der Waals surface area contributed by atoms with Crippen LogP contribution < -0.4 is 5.73 Å². The van der Waals surface area contributed by atoms with Crippen LogP contribution >= 0.6 is 0 Å². The highest BCUT2D eigenvalue weighted by Crippen LogP contribution is 2.11. The summed E-state index contributed by atoms with van der Waals surface area (Å²) < 4.78 is 0. The minimum absolute atomic E-state index is 0. The molecule has 55 valence electrons. The number of hydrogen-bond donors (Lipinski definition) is 1. The minimum atomic E-state index is -0.459.